The lowest BCUT2D eigenvalue weighted by atomic mass is 9.92. The molecule has 1 fully saturated rings. The van der Waals surface area contributed by atoms with Crippen molar-refractivity contribution in [3.05, 3.63) is 29.3 Å². The molecule has 0 aromatic heterocycles. The van der Waals surface area contributed by atoms with Gasteiger partial charge in [-0.15, -0.1) is 0 Å². The van der Waals surface area contributed by atoms with Crippen molar-refractivity contribution in [1.82, 2.24) is 10.2 Å². The quantitative estimate of drug-likeness (QED) is 0.852. The number of carbonyl (C=O) groups excluding carboxylic acids is 1. The van der Waals surface area contributed by atoms with Gasteiger partial charge in [0.15, 0.2) is 0 Å². The van der Waals surface area contributed by atoms with Crippen molar-refractivity contribution in [2.75, 3.05) is 33.3 Å². The zero-order chi connectivity index (χ0) is 15.6. The topological polar surface area (TPSA) is 67.6 Å². The molecule has 1 saturated heterocycles. The van der Waals surface area contributed by atoms with Crippen LogP contribution < -0.4 is 15.8 Å². The molecule has 1 aromatic rings. The lowest BCUT2D eigenvalue weighted by molar-refractivity contribution is -0.126. The van der Waals surface area contributed by atoms with Gasteiger partial charge in [0.1, 0.15) is 11.3 Å². The number of methoxy groups -OCH3 is 1. The van der Waals surface area contributed by atoms with Crippen LogP contribution in [0.4, 0.5) is 0 Å². The zero-order valence-electron chi connectivity index (χ0n) is 13.2. The second kappa shape index (κ2) is 6.26. The molecule has 0 radical (unpaired) electrons. The molecule has 2 aliphatic rings. The summed E-state index contributed by atoms with van der Waals surface area (Å²) in [5.41, 5.74) is 7.51. The Morgan fingerprint density at radius 2 is 2.18 bits per heavy atom. The highest BCUT2D eigenvalue weighted by molar-refractivity contribution is 5.89. The maximum Gasteiger partial charge on any atom is 0.244 e. The maximum absolute atomic E-state index is 12.6. The van der Waals surface area contributed by atoms with Crippen molar-refractivity contribution in [3.8, 4) is 5.75 Å². The third kappa shape index (κ3) is 2.71. The Bertz CT molecular complexity index is 555. The number of ether oxygens (including phenoxy) is 1. The molecule has 3 N–H and O–H groups in total. The first kappa shape index (κ1) is 15.3. The third-order valence-corrected chi connectivity index (χ3v) is 4.92. The van der Waals surface area contributed by atoms with Crippen LogP contribution in [-0.4, -0.2) is 44.1 Å². The minimum Gasteiger partial charge on any atom is -0.496 e. The summed E-state index contributed by atoms with van der Waals surface area (Å²) in [6.07, 6.45) is 3.96. The summed E-state index contributed by atoms with van der Waals surface area (Å²) < 4.78 is 5.38. The smallest absolute Gasteiger partial charge is 0.244 e. The largest absolute Gasteiger partial charge is 0.496 e. The number of carbonyl (C=O) groups is 1. The predicted molar refractivity (Wildman–Crippen MR) is 85.9 cm³/mol. The SMILES string of the molecule is COc1cccc2c1CCC2(N)C(=O)NCCN1CCCC1. The summed E-state index contributed by atoms with van der Waals surface area (Å²) in [4.78, 5) is 15.0. The van der Waals surface area contributed by atoms with Crippen LogP contribution in [0.3, 0.4) is 0 Å². The van der Waals surface area contributed by atoms with E-state index in [2.05, 4.69) is 10.2 Å². The van der Waals surface area contributed by atoms with E-state index >= 15 is 0 Å². The minimum atomic E-state index is -0.922. The van der Waals surface area contributed by atoms with E-state index < -0.39 is 5.54 Å². The average Bonchev–Trinajstić information content (AvgIpc) is 3.16. The maximum atomic E-state index is 12.6. The second-order valence-electron chi connectivity index (χ2n) is 6.26. The van der Waals surface area contributed by atoms with E-state index in [1.165, 1.54) is 12.8 Å². The Morgan fingerprint density at radius 1 is 1.41 bits per heavy atom. The third-order valence-electron chi connectivity index (χ3n) is 4.92. The fourth-order valence-corrected chi connectivity index (χ4v) is 3.62. The average molecular weight is 303 g/mol. The molecule has 22 heavy (non-hydrogen) atoms. The summed E-state index contributed by atoms with van der Waals surface area (Å²) in [5.74, 6) is 0.758. The van der Waals surface area contributed by atoms with Crippen LogP contribution in [0.2, 0.25) is 0 Å². The number of benzene rings is 1. The number of rotatable bonds is 5. The van der Waals surface area contributed by atoms with Crippen LogP contribution >= 0.6 is 0 Å². The van der Waals surface area contributed by atoms with Crippen molar-refractivity contribution >= 4 is 5.91 Å². The van der Waals surface area contributed by atoms with Crippen LogP contribution in [0.1, 0.15) is 30.4 Å². The Hall–Kier alpha value is -1.59. The van der Waals surface area contributed by atoms with Crippen molar-refractivity contribution in [3.63, 3.8) is 0 Å². The monoisotopic (exact) mass is 303 g/mol. The Kier molecular flexibility index (Phi) is 4.36. The molecule has 1 unspecified atom stereocenters. The normalized spacial score (nSPS) is 24.3. The van der Waals surface area contributed by atoms with Gasteiger partial charge in [-0.05, 0) is 56.0 Å². The van der Waals surface area contributed by atoms with Crippen molar-refractivity contribution in [2.45, 2.75) is 31.2 Å². The number of likely N-dealkylation sites (tertiary alicyclic amines) is 1. The van der Waals surface area contributed by atoms with Crippen LogP contribution in [0.5, 0.6) is 5.75 Å². The van der Waals surface area contributed by atoms with E-state index in [9.17, 15) is 4.79 Å². The molecule has 5 nitrogen and oxygen atoms in total. The molecule has 3 rings (SSSR count). The van der Waals surface area contributed by atoms with Crippen LogP contribution in [0, 0.1) is 0 Å². The highest BCUT2D eigenvalue weighted by Gasteiger charge is 2.42. The predicted octanol–water partition coefficient (Wildman–Crippen LogP) is 1.01. The Balaban J connectivity index is 1.65. The molecule has 1 aliphatic carbocycles. The van der Waals surface area contributed by atoms with Gasteiger partial charge in [0.25, 0.3) is 0 Å². The van der Waals surface area contributed by atoms with Crippen LogP contribution in [0.25, 0.3) is 0 Å². The molecule has 1 heterocycles. The first-order valence-corrected chi connectivity index (χ1v) is 8.11. The van der Waals surface area contributed by atoms with E-state index in [-0.39, 0.29) is 5.91 Å². The number of nitrogens with two attached hydrogens (primary N) is 1. The Morgan fingerprint density at radius 3 is 2.91 bits per heavy atom. The van der Waals surface area contributed by atoms with Crippen LogP contribution in [-0.2, 0) is 16.8 Å². The van der Waals surface area contributed by atoms with E-state index in [0.717, 1.165) is 42.9 Å². The number of amides is 1. The lowest BCUT2D eigenvalue weighted by Crippen LogP contribution is -2.51. The van der Waals surface area contributed by atoms with Crippen molar-refractivity contribution < 1.29 is 9.53 Å². The fourth-order valence-electron chi connectivity index (χ4n) is 3.62. The van der Waals surface area contributed by atoms with Gasteiger partial charge in [-0.25, -0.2) is 0 Å². The molecule has 1 aromatic carbocycles. The number of hydrogen-bond acceptors (Lipinski definition) is 4. The van der Waals surface area contributed by atoms with Crippen molar-refractivity contribution in [1.29, 1.82) is 0 Å². The van der Waals surface area contributed by atoms with Gasteiger partial charge >= 0.3 is 0 Å². The standard InChI is InChI=1S/C17H25N3O2/c1-22-15-6-4-5-14-13(15)7-8-17(14,18)16(21)19-9-12-20-10-2-3-11-20/h4-6H,2-3,7-12,18H2,1H3,(H,19,21). The molecule has 0 saturated carbocycles. The van der Waals surface area contributed by atoms with Gasteiger partial charge in [0, 0.05) is 13.1 Å². The molecule has 0 bridgehead atoms. The number of nitrogens with zero attached hydrogens (tertiary/aromatic N) is 1. The highest BCUT2D eigenvalue weighted by atomic mass is 16.5. The van der Waals surface area contributed by atoms with Gasteiger partial charge in [-0.3, -0.25) is 4.79 Å². The summed E-state index contributed by atoms with van der Waals surface area (Å²) in [6.45, 7) is 3.86. The number of hydrogen-bond donors (Lipinski definition) is 2. The molecule has 1 atom stereocenters. The molecule has 120 valence electrons. The van der Waals surface area contributed by atoms with E-state index in [1.807, 2.05) is 18.2 Å². The zero-order valence-corrected chi connectivity index (χ0v) is 13.2. The van der Waals surface area contributed by atoms with Gasteiger partial charge in [-0.1, -0.05) is 12.1 Å². The number of fused-ring (bicyclic) bond motifs is 1. The fraction of sp³-hybridized carbons (Fsp3) is 0.588. The van der Waals surface area contributed by atoms with Crippen LogP contribution in [0.15, 0.2) is 18.2 Å². The summed E-state index contributed by atoms with van der Waals surface area (Å²) in [6, 6.07) is 5.78. The lowest BCUT2D eigenvalue weighted by Gasteiger charge is -2.25. The van der Waals surface area contributed by atoms with Gasteiger partial charge < -0.3 is 20.7 Å². The first-order chi connectivity index (χ1) is 10.6. The van der Waals surface area contributed by atoms with E-state index in [0.29, 0.717) is 13.0 Å². The Labute approximate surface area is 131 Å². The van der Waals surface area contributed by atoms with E-state index in [4.69, 9.17) is 10.5 Å². The second-order valence-corrected chi connectivity index (χ2v) is 6.26. The molecular formula is C17H25N3O2. The summed E-state index contributed by atoms with van der Waals surface area (Å²) in [7, 11) is 1.66. The van der Waals surface area contributed by atoms with Gasteiger partial charge in [0.05, 0.1) is 7.11 Å². The molecule has 1 amide bonds. The van der Waals surface area contributed by atoms with Gasteiger partial charge in [0.2, 0.25) is 5.91 Å². The molecule has 5 heteroatoms. The summed E-state index contributed by atoms with van der Waals surface area (Å²) in [5, 5.41) is 3.02. The highest BCUT2D eigenvalue weighted by Crippen LogP contribution is 2.39. The van der Waals surface area contributed by atoms with Crippen molar-refractivity contribution in [2.24, 2.45) is 5.73 Å². The van der Waals surface area contributed by atoms with Gasteiger partial charge in [-0.2, -0.15) is 0 Å². The summed E-state index contributed by atoms with van der Waals surface area (Å²) >= 11 is 0. The molecule has 0 spiro atoms. The van der Waals surface area contributed by atoms with E-state index in [1.54, 1.807) is 7.11 Å². The minimum absolute atomic E-state index is 0.0706. The molecular weight excluding hydrogens is 278 g/mol. The number of nitrogens with one attached hydrogen (secondary N) is 1. The first-order valence-electron chi connectivity index (χ1n) is 8.11. The molecule has 1 aliphatic heterocycles.